The molecule has 0 saturated carbocycles. The molecule has 0 fully saturated rings. The van der Waals surface area contributed by atoms with Gasteiger partial charge in [0.15, 0.2) is 0 Å². The molecule has 0 aliphatic heterocycles. The zero-order chi connectivity index (χ0) is 10.7. The quantitative estimate of drug-likeness (QED) is 0.711. The number of amides is 1. The Hall–Kier alpha value is -1.35. The molecule has 3 heteroatoms. The molecule has 3 nitrogen and oxygen atoms in total. The van der Waals surface area contributed by atoms with E-state index >= 15 is 0 Å². The molecule has 0 aliphatic carbocycles. The summed E-state index contributed by atoms with van der Waals surface area (Å²) in [6, 6.07) is 7.69. The van der Waals surface area contributed by atoms with Crippen LogP contribution in [0.25, 0.3) is 0 Å². The fourth-order valence-corrected chi connectivity index (χ4v) is 1.20. The molecule has 1 N–H and O–H groups in total. The topological polar surface area (TPSA) is 24.8 Å². The predicted molar refractivity (Wildman–Crippen MR) is 56.9 cm³/mol. The van der Waals surface area contributed by atoms with Crippen LogP contribution in [0.5, 0.6) is 0 Å². The molecule has 14 heavy (non-hydrogen) atoms. The van der Waals surface area contributed by atoms with Crippen LogP contribution in [0.2, 0.25) is 0 Å². The SMILES string of the molecule is CN(C)C(=O)c1ccc([NH+](C)C)cc1. The van der Waals surface area contributed by atoms with Crippen LogP contribution in [0, 0.1) is 0 Å². The molecule has 0 radical (unpaired) electrons. The third kappa shape index (κ3) is 2.33. The van der Waals surface area contributed by atoms with Crippen molar-refractivity contribution in [3.63, 3.8) is 0 Å². The minimum atomic E-state index is 0.0466. The number of benzene rings is 1. The van der Waals surface area contributed by atoms with E-state index in [1.54, 1.807) is 19.0 Å². The number of carbonyl (C=O) groups excluding carboxylic acids is 1. The standard InChI is InChI=1S/C11H16N2O/c1-12(2)10-7-5-9(6-8-10)11(14)13(3)4/h5-8H,1-4H3/p+1. The smallest absolute Gasteiger partial charge is 0.253 e. The van der Waals surface area contributed by atoms with Crippen LogP contribution >= 0.6 is 0 Å². The van der Waals surface area contributed by atoms with Crippen molar-refractivity contribution < 1.29 is 9.69 Å². The van der Waals surface area contributed by atoms with Crippen molar-refractivity contribution in [1.82, 2.24) is 4.90 Å². The van der Waals surface area contributed by atoms with Gasteiger partial charge in [-0.1, -0.05) is 0 Å². The maximum atomic E-state index is 11.5. The first-order chi connectivity index (χ1) is 6.52. The first-order valence-electron chi connectivity index (χ1n) is 4.64. The van der Waals surface area contributed by atoms with E-state index in [9.17, 15) is 4.79 Å². The molecule has 1 aromatic carbocycles. The maximum Gasteiger partial charge on any atom is 0.253 e. The largest absolute Gasteiger partial charge is 0.345 e. The van der Waals surface area contributed by atoms with Gasteiger partial charge in [-0.15, -0.1) is 0 Å². The fraction of sp³-hybridized carbons (Fsp3) is 0.364. The summed E-state index contributed by atoms with van der Waals surface area (Å²) in [5, 5.41) is 0. The minimum Gasteiger partial charge on any atom is -0.345 e. The summed E-state index contributed by atoms with van der Waals surface area (Å²) >= 11 is 0. The lowest BCUT2D eigenvalue weighted by Crippen LogP contribution is -3.00. The van der Waals surface area contributed by atoms with E-state index < -0.39 is 0 Å². The first-order valence-corrected chi connectivity index (χ1v) is 4.64. The van der Waals surface area contributed by atoms with E-state index in [0.29, 0.717) is 0 Å². The molecular weight excluding hydrogens is 176 g/mol. The van der Waals surface area contributed by atoms with Crippen LogP contribution in [0.1, 0.15) is 10.4 Å². The highest BCUT2D eigenvalue weighted by molar-refractivity contribution is 5.94. The van der Waals surface area contributed by atoms with Gasteiger partial charge in [-0.2, -0.15) is 0 Å². The highest BCUT2D eigenvalue weighted by Gasteiger charge is 2.08. The second kappa shape index (κ2) is 4.24. The number of quaternary nitrogens is 1. The molecule has 0 bridgehead atoms. The van der Waals surface area contributed by atoms with Crippen molar-refractivity contribution in [2.75, 3.05) is 28.2 Å². The van der Waals surface area contributed by atoms with E-state index in [0.717, 1.165) is 5.56 Å². The van der Waals surface area contributed by atoms with E-state index in [1.165, 1.54) is 10.6 Å². The lowest BCUT2D eigenvalue weighted by Gasteiger charge is -2.11. The Labute approximate surface area is 84.9 Å². The second-order valence-corrected chi connectivity index (χ2v) is 3.78. The summed E-state index contributed by atoms with van der Waals surface area (Å²) in [6.45, 7) is 0. The Morgan fingerprint density at radius 3 is 2.00 bits per heavy atom. The fourth-order valence-electron chi connectivity index (χ4n) is 1.20. The molecule has 1 aromatic rings. The summed E-state index contributed by atoms with van der Waals surface area (Å²) in [6.07, 6.45) is 0. The first kappa shape index (κ1) is 10.7. The number of nitrogens with one attached hydrogen (secondary N) is 1. The number of nitrogens with zero attached hydrogens (tertiary/aromatic N) is 1. The molecule has 0 atom stereocenters. The van der Waals surface area contributed by atoms with Gasteiger partial charge in [0.2, 0.25) is 0 Å². The van der Waals surface area contributed by atoms with Gasteiger partial charge >= 0.3 is 0 Å². The summed E-state index contributed by atoms with van der Waals surface area (Å²) < 4.78 is 0. The van der Waals surface area contributed by atoms with E-state index in [-0.39, 0.29) is 5.91 Å². The average molecular weight is 193 g/mol. The summed E-state index contributed by atoms with van der Waals surface area (Å²) in [7, 11) is 7.63. The maximum absolute atomic E-state index is 11.5. The molecule has 1 amide bonds. The van der Waals surface area contributed by atoms with E-state index in [2.05, 4.69) is 14.1 Å². The summed E-state index contributed by atoms with van der Waals surface area (Å²) in [5.41, 5.74) is 1.92. The lowest BCUT2D eigenvalue weighted by molar-refractivity contribution is -0.786. The summed E-state index contributed by atoms with van der Waals surface area (Å²) in [5.74, 6) is 0.0466. The zero-order valence-electron chi connectivity index (χ0n) is 9.16. The predicted octanol–water partition coefficient (Wildman–Crippen LogP) is 0.164. The van der Waals surface area contributed by atoms with Crippen LogP contribution in [0.15, 0.2) is 24.3 Å². The van der Waals surface area contributed by atoms with Crippen molar-refractivity contribution in [2.45, 2.75) is 0 Å². The van der Waals surface area contributed by atoms with Crippen LogP contribution in [-0.2, 0) is 0 Å². The number of rotatable bonds is 2. The van der Waals surface area contributed by atoms with Gasteiger partial charge in [-0.05, 0) is 24.3 Å². The molecule has 0 unspecified atom stereocenters. The molecule has 0 aliphatic rings. The summed E-state index contributed by atoms with van der Waals surface area (Å²) in [4.78, 5) is 14.4. The van der Waals surface area contributed by atoms with Crippen LogP contribution in [0.3, 0.4) is 0 Å². The number of carbonyl (C=O) groups is 1. The van der Waals surface area contributed by atoms with Crippen molar-refractivity contribution in [3.8, 4) is 0 Å². The molecule has 0 saturated heterocycles. The Morgan fingerprint density at radius 2 is 1.64 bits per heavy atom. The monoisotopic (exact) mass is 193 g/mol. The molecule has 1 rings (SSSR count). The normalized spacial score (nSPS) is 10.4. The van der Waals surface area contributed by atoms with Crippen molar-refractivity contribution >= 4 is 11.6 Å². The van der Waals surface area contributed by atoms with Gasteiger partial charge in [0, 0.05) is 19.7 Å². The van der Waals surface area contributed by atoms with E-state index in [4.69, 9.17) is 0 Å². The van der Waals surface area contributed by atoms with Crippen LogP contribution in [-0.4, -0.2) is 39.0 Å². The highest BCUT2D eigenvalue weighted by Crippen LogP contribution is 2.06. The highest BCUT2D eigenvalue weighted by atomic mass is 16.2. The minimum absolute atomic E-state index is 0.0466. The second-order valence-electron chi connectivity index (χ2n) is 3.78. The molecule has 0 spiro atoms. The third-order valence-corrected chi connectivity index (χ3v) is 2.12. The van der Waals surface area contributed by atoms with Gasteiger partial charge in [0.25, 0.3) is 5.91 Å². The average Bonchev–Trinajstić information content (AvgIpc) is 2.16. The van der Waals surface area contributed by atoms with Gasteiger partial charge in [-0.25, -0.2) is 0 Å². The van der Waals surface area contributed by atoms with Crippen molar-refractivity contribution in [3.05, 3.63) is 29.8 Å². The van der Waals surface area contributed by atoms with Crippen LogP contribution < -0.4 is 4.90 Å². The Kier molecular flexibility index (Phi) is 3.25. The van der Waals surface area contributed by atoms with Gasteiger partial charge in [0.1, 0.15) is 5.69 Å². The van der Waals surface area contributed by atoms with Crippen LogP contribution in [0.4, 0.5) is 5.69 Å². The number of hydrogen-bond donors (Lipinski definition) is 1. The van der Waals surface area contributed by atoms with Gasteiger partial charge < -0.3 is 9.80 Å². The van der Waals surface area contributed by atoms with Crippen molar-refractivity contribution in [1.29, 1.82) is 0 Å². The molecule has 76 valence electrons. The van der Waals surface area contributed by atoms with Gasteiger partial charge in [-0.3, -0.25) is 4.79 Å². The molecular formula is C11H17N2O+. The Morgan fingerprint density at radius 1 is 1.14 bits per heavy atom. The third-order valence-electron chi connectivity index (χ3n) is 2.12. The Balaban J connectivity index is 2.89. The number of hydrogen-bond acceptors (Lipinski definition) is 1. The molecule has 0 heterocycles. The van der Waals surface area contributed by atoms with Gasteiger partial charge in [0.05, 0.1) is 14.1 Å². The van der Waals surface area contributed by atoms with Crippen molar-refractivity contribution in [2.24, 2.45) is 0 Å². The molecule has 0 aromatic heterocycles. The lowest BCUT2D eigenvalue weighted by atomic mass is 10.2. The zero-order valence-corrected chi connectivity index (χ0v) is 9.16. The van der Waals surface area contributed by atoms with E-state index in [1.807, 2.05) is 24.3 Å². The Bertz CT molecular complexity index is 315.